The number of hydrogen-bond donors (Lipinski definition) is 2. The Morgan fingerprint density at radius 3 is 2.45 bits per heavy atom. The van der Waals surface area contributed by atoms with Crippen LogP contribution in [0.1, 0.15) is 21.6 Å². The number of carboxylic acids is 1. The lowest BCUT2D eigenvalue weighted by atomic mass is 10.1. The van der Waals surface area contributed by atoms with Crippen LogP contribution in [0.5, 0.6) is 0 Å². The van der Waals surface area contributed by atoms with E-state index in [0.717, 1.165) is 11.3 Å². The fourth-order valence-electron chi connectivity index (χ4n) is 3.32. The molecule has 1 aromatic heterocycles. The monoisotopic (exact) mass is 431 g/mol. The van der Waals surface area contributed by atoms with Crippen LogP contribution < -0.4 is 10.2 Å². The molecule has 1 fully saturated rings. The molecule has 2 amide bonds. The van der Waals surface area contributed by atoms with Gasteiger partial charge in [0.2, 0.25) is 0 Å². The number of nitrogens with zero attached hydrogens (tertiary/aromatic N) is 2. The molecule has 2 aromatic carbocycles. The second-order valence-electron chi connectivity index (χ2n) is 6.95. The number of anilines is 1. The van der Waals surface area contributed by atoms with E-state index in [9.17, 15) is 14.4 Å². The van der Waals surface area contributed by atoms with E-state index >= 15 is 0 Å². The number of benzene rings is 2. The quantitative estimate of drug-likeness (QED) is 0.376. The summed E-state index contributed by atoms with van der Waals surface area (Å²) in [4.78, 5) is 38.0. The maximum atomic E-state index is 13.2. The van der Waals surface area contributed by atoms with Crippen LogP contribution in [0.25, 0.3) is 11.8 Å². The third-order valence-electron chi connectivity index (χ3n) is 4.83. The Balaban J connectivity index is 1.72. The highest BCUT2D eigenvalue weighted by Crippen LogP contribution is 2.24. The normalized spacial score (nSPS) is 15.3. The number of thiocarbonyl (C=S) groups is 1. The summed E-state index contributed by atoms with van der Waals surface area (Å²) in [6, 6.07) is 17.2. The highest BCUT2D eigenvalue weighted by Gasteiger charge is 2.34. The molecule has 1 aliphatic rings. The van der Waals surface area contributed by atoms with Gasteiger partial charge in [-0.1, -0.05) is 12.1 Å². The molecule has 1 aliphatic heterocycles. The smallest absolute Gasteiger partial charge is 0.335 e. The van der Waals surface area contributed by atoms with Gasteiger partial charge in [-0.2, -0.15) is 0 Å². The van der Waals surface area contributed by atoms with E-state index in [-0.39, 0.29) is 16.2 Å². The van der Waals surface area contributed by atoms with Gasteiger partial charge in [0.25, 0.3) is 11.8 Å². The second kappa shape index (κ2) is 8.00. The number of rotatable bonds is 4. The third-order valence-corrected chi connectivity index (χ3v) is 5.11. The third kappa shape index (κ3) is 3.88. The Morgan fingerprint density at radius 2 is 1.77 bits per heavy atom. The van der Waals surface area contributed by atoms with Gasteiger partial charge in [-0.3, -0.25) is 19.8 Å². The van der Waals surface area contributed by atoms with Crippen LogP contribution in [0.4, 0.5) is 5.69 Å². The Hall–Kier alpha value is -4.04. The second-order valence-corrected chi connectivity index (χ2v) is 7.34. The van der Waals surface area contributed by atoms with E-state index in [2.05, 4.69) is 5.32 Å². The van der Waals surface area contributed by atoms with Gasteiger partial charge in [-0.15, -0.1) is 0 Å². The minimum Gasteiger partial charge on any atom is -0.478 e. The molecule has 8 heteroatoms. The number of aromatic carboxylic acids is 1. The summed E-state index contributed by atoms with van der Waals surface area (Å²) in [7, 11) is 0. The van der Waals surface area contributed by atoms with Crippen molar-refractivity contribution in [3.05, 3.63) is 89.3 Å². The van der Waals surface area contributed by atoms with Crippen molar-refractivity contribution < 1.29 is 19.5 Å². The minimum atomic E-state index is -1.08. The van der Waals surface area contributed by atoms with Crippen LogP contribution in [0.3, 0.4) is 0 Å². The Kier molecular flexibility index (Phi) is 5.22. The highest BCUT2D eigenvalue weighted by atomic mass is 32.1. The van der Waals surface area contributed by atoms with E-state index in [1.165, 1.54) is 35.2 Å². The summed E-state index contributed by atoms with van der Waals surface area (Å²) in [6.45, 7) is 1.98. The van der Waals surface area contributed by atoms with E-state index in [1.807, 2.05) is 48.0 Å². The van der Waals surface area contributed by atoms with Crippen molar-refractivity contribution in [3.63, 3.8) is 0 Å². The molecular weight excluding hydrogens is 414 g/mol. The molecule has 3 aromatic rings. The minimum absolute atomic E-state index is 0.0655. The molecular formula is C23H17N3O4S. The Labute approximate surface area is 183 Å². The van der Waals surface area contributed by atoms with E-state index in [0.29, 0.717) is 11.4 Å². The lowest BCUT2D eigenvalue weighted by Gasteiger charge is -2.29. The topological polar surface area (TPSA) is 91.6 Å². The summed E-state index contributed by atoms with van der Waals surface area (Å²) in [5.41, 5.74) is 2.99. The summed E-state index contributed by atoms with van der Waals surface area (Å²) < 4.78 is 1.87. The van der Waals surface area contributed by atoms with Crippen LogP contribution in [-0.4, -0.2) is 32.6 Å². The number of hydrogen-bond acceptors (Lipinski definition) is 4. The zero-order valence-corrected chi connectivity index (χ0v) is 17.2. The molecule has 4 rings (SSSR count). The highest BCUT2D eigenvalue weighted by molar-refractivity contribution is 7.80. The number of aryl methyl sites for hydroxylation is 1. The molecule has 0 bridgehead atoms. The first-order chi connectivity index (χ1) is 14.8. The van der Waals surface area contributed by atoms with Gasteiger partial charge in [-0.05, 0) is 79.3 Å². The van der Waals surface area contributed by atoms with Crippen molar-refractivity contribution >= 4 is 46.9 Å². The molecule has 2 N–H and O–H groups in total. The summed E-state index contributed by atoms with van der Waals surface area (Å²) in [5, 5.41) is 11.5. The fourth-order valence-corrected chi connectivity index (χ4v) is 3.60. The van der Waals surface area contributed by atoms with Gasteiger partial charge in [0, 0.05) is 17.6 Å². The van der Waals surface area contributed by atoms with Crippen LogP contribution in [0, 0.1) is 6.92 Å². The Bertz CT molecular complexity index is 1260. The number of carboxylic acid groups (broad SMARTS) is 1. The van der Waals surface area contributed by atoms with Crippen molar-refractivity contribution in [2.24, 2.45) is 0 Å². The summed E-state index contributed by atoms with van der Waals surface area (Å²) in [5.74, 6) is -2.26. The van der Waals surface area contributed by atoms with E-state index in [4.69, 9.17) is 17.3 Å². The molecule has 154 valence electrons. The maximum Gasteiger partial charge on any atom is 0.335 e. The van der Waals surface area contributed by atoms with Crippen molar-refractivity contribution in [1.29, 1.82) is 0 Å². The van der Waals surface area contributed by atoms with Crippen LogP contribution in [-0.2, 0) is 9.59 Å². The van der Waals surface area contributed by atoms with E-state index < -0.39 is 17.8 Å². The molecule has 0 aliphatic carbocycles. The zero-order chi connectivity index (χ0) is 22.1. The van der Waals surface area contributed by atoms with Crippen molar-refractivity contribution in [3.8, 4) is 5.69 Å². The fraction of sp³-hybridized carbons (Fsp3) is 0.0435. The average molecular weight is 431 g/mol. The van der Waals surface area contributed by atoms with Gasteiger partial charge in [0.15, 0.2) is 5.11 Å². The van der Waals surface area contributed by atoms with E-state index in [1.54, 1.807) is 6.07 Å². The van der Waals surface area contributed by atoms with Crippen LogP contribution in [0.2, 0.25) is 0 Å². The van der Waals surface area contributed by atoms with Gasteiger partial charge in [0.1, 0.15) is 5.57 Å². The van der Waals surface area contributed by atoms with Gasteiger partial charge in [0.05, 0.1) is 11.3 Å². The molecule has 0 radical (unpaired) electrons. The molecule has 1 saturated heterocycles. The Morgan fingerprint density at radius 1 is 1.03 bits per heavy atom. The van der Waals surface area contributed by atoms with Crippen molar-refractivity contribution in [2.75, 3.05) is 4.90 Å². The lowest BCUT2D eigenvalue weighted by Crippen LogP contribution is -2.54. The molecule has 0 saturated carbocycles. The molecule has 7 nitrogen and oxygen atoms in total. The molecule has 31 heavy (non-hydrogen) atoms. The van der Waals surface area contributed by atoms with Gasteiger partial charge >= 0.3 is 5.97 Å². The molecule has 0 unspecified atom stereocenters. The SMILES string of the molecule is Cc1cccc(-n2cccc2/C=C2\C(=O)NC(=S)N(c3ccc(C(=O)O)cc3)C2=O)c1. The standard InChI is InChI=1S/C23H17N3O4S/c1-14-4-2-5-17(12-14)25-11-3-6-18(25)13-19-20(27)24-23(31)26(21(19)28)16-9-7-15(8-10-16)22(29)30/h2-13H,1H3,(H,29,30)(H,24,27,31)/b19-13+. The molecule has 0 spiro atoms. The van der Waals surface area contributed by atoms with Crippen molar-refractivity contribution in [1.82, 2.24) is 9.88 Å². The van der Waals surface area contributed by atoms with Crippen LogP contribution in [0.15, 0.2) is 72.4 Å². The number of amides is 2. The number of carbonyl (C=O) groups is 3. The predicted molar refractivity (Wildman–Crippen MR) is 120 cm³/mol. The summed E-state index contributed by atoms with van der Waals surface area (Å²) >= 11 is 5.19. The predicted octanol–water partition coefficient (Wildman–Crippen LogP) is 3.32. The number of nitrogens with one attached hydrogen (secondary N) is 1. The first kappa shape index (κ1) is 20.2. The van der Waals surface area contributed by atoms with Crippen molar-refractivity contribution in [2.45, 2.75) is 6.92 Å². The lowest BCUT2D eigenvalue weighted by molar-refractivity contribution is -0.122. The van der Waals surface area contributed by atoms with Gasteiger partial charge in [-0.25, -0.2) is 4.79 Å². The van der Waals surface area contributed by atoms with Gasteiger partial charge < -0.3 is 9.67 Å². The largest absolute Gasteiger partial charge is 0.478 e. The summed E-state index contributed by atoms with van der Waals surface area (Å²) in [6.07, 6.45) is 3.36. The van der Waals surface area contributed by atoms with Crippen LogP contribution >= 0.6 is 12.2 Å². The molecule has 2 heterocycles. The number of carbonyl (C=O) groups excluding carboxylic acids is 2. The zero-order valence-electron chi connectivity index (χ0n) is 16.4. The first-order valence-corrected chi connectivity index (χ1v) is 9.75. The molecule has 0 atom stereocenters. The maximum absolute atomic E-state index is 13.2. The number of aromatic nitrogens is 1. The average Bonchev–Trinajstić information content (AvgIpc) is 3.20. The first-order valence-electron chi connectivity index (χ1n) is 9.34.